The maximum Gasteiger partial charge on any atom is 0.252 e. The van der Waals surface area contributed by atoms with E-state index in [0.29, 0.717) is 0 Å². The molecule has 2 aliphatic heterocycles. The summed E-state index contributed by atoms with van der Waals surface area (Å²) in [4.78, 5) is 5.19. The third-order valence-corrected chi connectivity index (χ3v) is 13.5. The van der Waals surface area contributed by atoms with Gasteiger partial charge in [-0.05, 0) is 140 Å². The van der Waals surface area contributed by atoms with Crippen LogP contribution in [0.5, 0.6) is 0 Å². The fraction of sp³-hybridized carbons (Fsp3) is 0.321. The zero-order chi connectivity index (χ0) is 40.1. The van der Waals surface area contributed by atoms with Crippen molar-refractivity contribution in [2.45, 2.75) is 111 Å². The predicted molar refractivity (Wildman–Crippen MR) is 245 cm³/mol. The Kier molecular flexibility index (Phi) is 7.41. The normalized spacial score (nSPS) is 16.5. The van der Waals surface area contributed by atoms with E-state index in [0.717, 1.165) is 34.0 Å². The van der Waals surface area contributed by atoms with E-state index in [1.807, 2.05) is 0 Å². The molecule has 3 nitrogen and oxygen atoms in total. The van der Waals surface area contributed by atoms with Crippen molar-refractivity contribution in [1.82, 2.24) is 0 Å². The standard InChI is InChI=1S/C53H55BN2O/c1-31-24-44-49-45(25-31)56(42-17-15-19-47-48(42)35-16-13-14-18-46(35)57-47)41-23-21-34(51(6,7)8)27-38(41)54(49)39-28-36-37(53(11,12)30-52(36,9)10)29-43(39)55(44)40-22-20-33(26-32(40)2)50(3,4)5/h13-29H,30H2,1-12H3. The van der Waals surface area contributed by atoms with Gasteiger partial charge < -0.3 is 14.2 Å². The van der Waals surface area contributed by atoms with E-state index in [9.17, 15) is 0 Å². The molecule has 3 heterocycles. The highest BCUT2D eigenvalue weighted by atomic mass is 16.3. The zero-order valence-electron chi connectivity index (χ0n) is 35.9. The van der Waals surface area contributed by atoms with Gasteiger partial charge in [0.05, 0.1) is 11.1 Å². The van der Waals surface area contributed by atoms with E-state index in [2.05, 4.69) is 196 Å². The van der Waals surface area contributed by atoms with Gasteiger partial charge in [0.2, 0.25) is 0 Å². The lowest BCUT2D eigenvalue weighted by Crippen LogP contribution is -2.61. The largest absolute Gasteiger partial charge is 0.456 e. The molecule has 0 spiro atoms. The first-order chi connectivity index (χ1) is 26.8. The first-order valence-electron chi connectivity index (χ1n) is 20.9. The highest BCUT2D eigenvalue weighted by Crippen LogP contribution is 2.53. The number of aryl methyl sites for hydroxylation is 2. The van der Waals surface area contributed by atoms with Gasteiger partial charge in [0.1, 0.15) is 11.2 Å². The van der Waals surface area contributed by atoms with E-state index in [1.165, 1.54) is 78.2 Å². The van der Waals surface area contributed by atoms with Crippen molar-refractivity contribution in [3.05, 3.63) is 137 Å². The van der Waals surface area contributed by atoms with E-state index < -0.39 is 0 Å². The molecule has 0 saturated carbocycles. The van der Waals surface area contributed by atoms with Crippen LogP contribution in [0.3, 0.4) is 0 Å². The smallest absolute Gasteiger partial charge is 0.252 e. The van der Waals surface area contributed by atoms with E-state index in [4.69, 9.17) is 4.42 Å². The molecule has 0 fully saturated rings. The summed E-state index contributed by atoms with van der Waals surface area (Å²) in [6.45, 7) is 28.4. The molecule has 0 unspecified atom stereocenters. The van der Waals surface area contributed by atoms with E-state index in [-0.39, 0.29) is 28.4 Å². The third-order valence-electron chi connectivity index (χ3n) is 13.5. The number of hydrogen-bond donors (Lipinski definition) is 0. The first-order valence-corrected chi connectivity index (χ1v) is 20.9. The second kappa shape index (κ2) is 11.7. The van der Waals surface area contributed by atoms with Gasteiger partial charge in [-0.1, -0.05) is 124 Å². The summed E-state index contributed by atoms with van der Waals surface area (Å²) < 4.78 is 6.54. The Bertz CT molecular complexity index is 2840. The van der Waals surface area contributed by atoms with Crippen molar-refractivity contribution in [2.24, 2.45) is 0 Å². The molecule has 6 aromatic carbocycles. The van der Waals surface area contributed by atoms with Crippen molar-refractivity contribution >= 4 is 79.2 Å². The van der Waals surface area contributed by atoms with Crippen molar-refractivity contribution in [3.8, 4) is 0 Å². The minimum atomic E-state index is -0.0174. The lowest BCUT2D eigenvalue weighted by atomic mass is 9.33. The van der Waals surface area contributed by atoms with Crippen LogP contribution >= 0.6 is 0 Å². The summed E-state index contributed by atoms with van der Waals surface area (Å²) in [5.41, 5.74) is 21.8. The maximum absolute atomic E-state index is 6.54. The number of nitrogens with zero attached hydrogens (tertiary/aromatic N) is 2. The van der Waals surface area contributed by atoms with Gasteiger partial charge in [-0.2, -0.15) is 0 Å². The minimum Gasteiger partial charge on any atom is -0.456 e. The zero-order valence-corrected chi connectivity index (χ0v) is 35.9. The molecule has 1 aromatic heterocycles. The monoisotopic (exact) mass is 746 g/mol. The van der Waals surface area contributed by atoms with E-state index in [1.54, 1.807) is 0 Å². The Morgan fingerprint density at radius 1 is 0.544 bits per heavy atom. The maximum atomic E-state index is 6.54. The SMILES string of the molecule is Cc1cc2c3c(c1)N(c1cccc4oc5ccccc5c14)c1ccc(C(C)(C)C)cc1B3c1cc3c(cc1N2c1ccc(C(C)(C)C)cc1C)C(C)(C)CC3(C)C. The van der Waals surface area contributed by atoms with E-state index >= 15 is 0 Å². The van der Waals surface area contributed by atoms with Crippen molar-refractivity contribution in [2.75, 3.05) is 9.80 Å². The fourth-order valence-corrected chi connectivity index (χ4v) is 10.9. The topological polar surface area (TPSA) is 19.6 Å². The second-order valence-corrected chi connectivity index (χ2v) is 20.7. The Labute approximate surface area is 339 Å². The number of hydrogen-bond acceptors (Lipinski definition) is 3. The number of anilines is 6. The summed E-state index contributed by atoms with van der Waals surface area (Å²) in [6.07, 6.45) is 1.13. The molecule has 0 radical (unpaired) electrons. The van der Waals surface area contributed by atoms with Crippen molar-refractivity contribution < 1.29 is 4.42 Å². The highest BCUT2D eigenvalue weighted by molar-refractivity contribution is 7.00. The Morgan fingerprint density at radius 3 is 1.79 bits per heavy atom. The number of furan rings is 1. The van der Waals surface area contributed by atoms with Crippen LogP contribution in [0, 0.1) is 13.8 Å². The molecule has 57 heavy (non-hydrogen) atoms. The average molecular weight is 747 g/mol. The van der Waals surface area contributed by atoms with Crippen LogP contribution in [-0.4, -0.2) is 6.71 Å². The molecule has 10 rings (SSSR count). The van der Waals surface area contributed by atoms with Crippen molar-refractivity contribution in [1.29, 1.82) is 0 Å². The van der Waals surface area contributed by atoms with Gasteiger partial charge in [0.15, 0.2) is 0 Å². The molecule has 0 saturated heterocycles. The summed E-state index contributed by atoms with van der Waals surface area (Å²) in [5, 5.41) is 2.29. The summed E-state index contributed by atoms with van der Waals surface area (Å²) in [6, 6.07) is 39.7. The molecule has 0 atom stereocenters. The molecule has 1 aliphatic carbocycles. The Morgan fingerprint density at radius 2 is 1.12 bits per heavy atom. The van der Waals surface area contributed by atoms with Crippen LogP contribution in [0.25, 0.3) is 21.9 Å². The van der Waals surface area contributed by atoms with Crippen LogP contribution in [-0.2, 0) is 21.7 Å². The predicted octanol–water partition coefficient (Wildman–Crippen LogP) is 12.8. The number of benzene rings is 6. The molecule has 4 heteroatoms. The second-order valence-electron chi connectivity index (χ2n) is 20.7. The minimum absolute atomic E-state index is 0.0174. The molecular formula is C53H55BN2O. The van der Waals surface area contributed by atoms with Crippen LogP contribution < -0.4 is 26.2 Å². The van der Waals surface area contributed by atoms with Crippen molar-refractivity contribution in [3.63, 3.8) is 0 Å². The summed E-state index contributed by atoms with van der Waals surface area (Å²) >= 11 is 0. The summed E-state index contributed by atoms with van der Waals surface area (Å²) in [5.74, 6) is 0. The highest BCUT2D eigenvalue weighted by Gasteiger charge is 2.48. The molecule has 7 aromatic rings. The number of para-hydroxylation sites is 1. The Balaban J connectivity index is 1.35. The van der Waals surface area contributed by atoms with Gasteiger partial charge in [0.25, 0.3) is 6.71 Å². The van der Waals surface area contributed by atoms with Crippen LogP contribution in [0.4, 0.5) is 34.1 Å². The number of rotatable bonds is 2. The molecule has 0 bridgehead atoms. The molecule has 286 valence electrons. The third kappa shape index (κ3) is 5.25. The van der Waals surface area contributed by atoms with Gasteiger partial charge >= 0.3 is 0 Å². The Hall–Kier alpha value is -5.22. The number of fused-ring (bicyclic) bond motifs is 8. The molecular weight excluding hydrogens is 691 g/mol. The van der Waals surface area contributed by atoms with Gasteiger partial charge in [-0.25, -0.2) is 0 Å². The van der Waals surface area contributed by atoms with Gasteiger partial charge in [-0.15, -0.1) is 0 Å². The fourth-order valence-electron chi connectivity index (χ4n) is 10.9. The van der Waals surface area contributed by atoms with Gasteiger partial charge in [-0.3, -0.25) is 0 Å². The molecule has 0 N–H and O–H groups in total. The van der Waals surface area contributed by atoms with Crippen LogP contribution in [0.15, 0.2) is 108 Å². The van der Waals surface area contributed by atoms with Gasteiger partial charge in [0, 0.05) is 33.8 Å². The van der Waals surface area contributed by atoms with Crippen LogP contribution in [0.2, 0.25) is 0 Å². The molecule has 0 amide bonds. The quantitative estimate of drug-likeness (QED) is 0.164. The van der Waals surface area contributed by atoms with Crippen LogP contribution in [0.1, 0.15) is 109 Å². The summed E-state index contributed by atoms with van der Waals surface area (Å²) in [7, 11) is 0. The lowest BCUT2D eigenvalue weighted by molar-refractivity contribution is 0.403. The lowest BCUT2D eigenvalue weighted by Gasteiger charge is -2.45. The average Bonchev–Trinajstić information content (AvgIpc) is 3.60. The molecule has 3 aliphatic rings. The first kappa shape index (κ1) is 36.1.